The van der Waals surface area contributed by atoms with Crippen LogP contribution in [0.15, 0.2) is 24.5 Å². The number of halogens is 2. The Morgan fingerprint density at radius 3 is 2.40 bits per heavy atom. The minimum Gasteiger partial charge on any atom is -0.326 e. The summed E-state index contributed by atoms with van der Waals surface area (Å²) in [6.07, 6.45) is 8.92. The summed E-state index contributed by atoms with van der Waals surface area (Å²) < 4.78 is 0. The first kappa shape index (κ1) is 17.2. The van der Waals surface area contributed by atoms with E-state index in [4.69, 9.17) is 0 Å². The van der Waals surface area contributed by atoms with Crippen molar-refractivity contribution in [3.05, 3.63) is 24.5 Å². The molecule has 2 N–H and O–H groups in total. The van der Waals surface area contributed by atoms with Crippen molar-refractivity contribution in [2.75, 3.05) is 5.32 Å². The Bertz CT molecular complexity index is 418. The van der Waals surface area contributed by atoms with Crippen LogP contribution in [0.2, 0.25) is 0 Å². The fourth-order valence-electron chi connectivity index (χ4n) is 3.25. The zero-order valence-electron chi connectivity index (χ0n) is 11.2. The van der Waals surface area contributed by atoms with Gasteiger partial charge in [0.2, 0.25) is 5.91 Å². The summed E-state index contributed by atoms with van der Waals surface area (Å²) >= 11 is 0. The number of fused-ring (bicyclic) bond motifs is 2. The average Bonchev–Trinajstić information content (AvgIpc) is 2.70. The molecule has 4 nitrogen and oxygen atoms in total. The van der Waals surface area contributed by atoms with Crippen LogP contribution in [0.4, 0.5) is 5.69 Å². The molecular weight excluding hydrogens is 297 g/mol. The quantitative estimate of drug-likeness (QED) is 0.901. The standard InChI is InChI=1S/C14H19N3O.2ClH/c18-14(17-11-3-5-15-6-4-11)9-10-7-12-1-2-13(8-10)16-12;;/h3-6,10,12-13,16H,1-2,7-9H2,(H,15,17,18);2*1H. The number of nitrogens with one attached hydrogen (secondary N) is 2. The van der Waals surface area contributed by atoms with Crippen LogP contribution in [0, 0.1) is 5.92 Å². The second-order valence-corrected chi connectivity index (χ2v) is 5.46. The number of carbonyl (C=O) groups excluding carboxylic acids is 1. The number of aromatic nitrogens is 1. The Kier molecular flexibility index (Phi) is 6.72. The molecule has 0 aliphatic carbocycles. The van der Waals surface area contributed by atoms with Crippen molar-refractivity contribution >= 4 is 36.4 Å². The van der Waals surface area contributed by atoms with Crippen LogP contribution >= 0.6 is 24.8 Å². The molecule has 0 spiro atoms. The maximum atomic E-state index is 12.0. The molecule has 3 heterocycles. The molecular formula is C14H21Cl2N3O. The molecule has 2 aliphatic rings. The number of amides is 1. The summed E-state index contributed by atoms with van der Waals surface area (Å²) in [7, 11) is 0. The zero-order valence-corrected chi connectivity index (χ0v) is 12.9. The van der Waals surface area contributed by atoms with E-state index in [1.807, 2.05) is 12.1 Å². The molecule has 2 bridgehead atoms. The first-order valence-corrected chi connectivity index (χ1v) is 6.75. The van der Waals surface area contributed by atoms with E-state index in [2.05, 4.69) is 15.6 Å². The molecule has 1 aromatic heterocycles. The van der Waals surface area contributed by atoms with Crippen LogP contribution in [-0.4, -0.2) is 23.0 Å². The van der Waals surface area contributed by atoms with Crippen molar-refractivity contribution in [2.24, 2.45) is 5.92 Å². The number of rotatable bonds is 3. The largest absolute Gasteiger partial charge is 0.326 e. The number of hydrogen-bond acceptors (Lipinski definition) is 3. The zero-order chi connectivity index (χ0) is 12.4. The van der Waals surface area contributed by atoms with Gasteiger partial charge < -0.3 is 10.6 Å². The topological polar surface area (TPSA) is 54.0 Å². The highest BCUT2D eigenvalue weighted by Gasteiger charge is 2.34. The van der Waals surface area contributed by atoms with Crippen LogP contribution in [0.3, 0.4) is 0 Å². The lowest BCUT2D eigenvalue weighted by Crippen LogP contribution is -2.39. The van der Waals surface area contributed by atoms with E-state index in [1.54, 1.807) is 12.4 Å². The molecule has 2 aliphatic heterocycles. The van der Waals surface area contributed by atoms with E-state index in [0.717, 1.165) is 18.5 Å². The Balaban J connectivity index is 0.000001000. The van der Waals surface area contributed by atoms with Gasteiger partial charge >= 0.3 is 0 Å². The minimum atomic E-state index is 0. The molecule has 1 amide bonds. The Morgan fingerprint density at radius 2 is 1.80 bits per heavy atom. The molecule has 2 fully saturated rings. The summed E-state index contributed by atoms with van der Waals surface area (Å²) in [6, 6.07) is 4.96. The van der Waals surface area contributed by atoms with Crippen molar-refractivity contribution in [1.82, 2.24) is 10.3 Å². The van der Waals surface area contributed by atoms with E-state index in [1.165, 1.54) is 12.8 Å². The minimum absolute atomic E-state index is 0. The van der Waals surface area contributed by atoms with E-state index < -0.39 is 0 Å². The lowest BCUT2D eigenvalue weighted by atomic mass is 9.89. The molecule has 20 heavy (non-hydrogen) atoms. The number of carbonyl (C=O) groups is 1. The van der Waals surface area contributed by atoms with Crippen LogP contribution in [0.25, 0.3) is 0 Å². The number of pyridine rings is 1. The van der Waals surface area contributed by atoms with Gasteiger partial charge in [-0.2, -0.15) is 0 Å². The highest BCUT2D eigenvalue weighted by atomic mass is 35.5. The molecule has 112 valence electrons. The van der Waals surface area contributed by atoms with Gasteiger partial charge in [0.05, 0.1) is 0 Å². The summed E-state index contributed by atoms with van der Waals surface area (Å²) in [5, 5.41) is 6.54. The lowest BCUT2D eigenvalue weighted by molar-refractivity contribution is -0.117. The summed E-state index contributed by atoms with van der Waals surface area (Å²) in [4.78, 5) is 15.9. The van der Waals surface area contributed by atoms with Crippen molar-refractivity contribution < 1.29 is 4.79 Å². The molecule has 6 heteroatoms. The highest BCUT2D eigenvalue weighted by Crippen LogP contribution is 2.32. The monoisotopic (exact) mass is 317 g/mol. The predicted octanol–water partition coefficient (Wildman–Crippen LogP) is 2.78. The van der Waals surface area contributed by atoms with Crippen LogP contribution in [0.1, 0.15) is 32.1 Å². The first-order chi connectivity index (χ1) is 8.79. The maximum absolute atomic E-state index is 12.0. The number of hydrogen-bond donors (Lipinski definition) is 2. The molecule has 0 saturated carbocycles. The van der Waals surface area contributed by atoms with Gasteiger partial charge in [-0.25, -0.2) is 0 Å². The van der Waals surface area contributed by atoms with Gasteiger partial charge in [-0.1, -0.05) is 0 Å². The fraction of sp³-hybridized carbons (Fsp3) is 0.571. The van der Waals surface area contributed by atoms with Gasteiger partial charge in [-0.05, 0) is 43.7 Å². The molecule has 0 aromatic carbocycles. The Morgan fingerprint density at radius 1 is 1.20 bits per heavy atom. The van der Waals surface area contributed by atoms with E-state index >= 15 is 0 Å². The smallest absolute Gasteiger partial charge is 0.224 e. The van der Waals surface area contributed by atoms with E-state index in [0.29, 0.717) is 24.4 Å². The third kappa shape index (κ3) is 4.33. The molecule has 0 radical (unpaired) electrons. The fourth-order valence-corrected chi connectivity index (χ4v) is 3.25. The summed E-state index contributed by atoms with van der Waals surface area (Å²) in [5.41, 5.74) is 0.840. The lowest BCUT2D eigenvalue weighted by Gasteiger charge is -2.28. The highest BCUT2D eigenvalue weighted by molar-refractivity contribution is 5.90. The van der Waals surface area contributed by atoms with Gasteiger partial charge in [-0.3, -0.25) is 9.78 Å². The third-order valence-corrected chi connectivity index (χ3v) is 4.01. The molecule has 2 saturated heterocycles. The summed E-state index contributed by atoms with van der Waals surface area (Å²) in [6.45, 7) is 0. The second-order valence-electron chi connectivity index (χ2n) is 5.46. The first-order valence-electron chi connectivity index (χ1n) is 6.75. The van der Waals surface area contributed by atoms with Crippen LogP contribution in [0.5, 0.6) is 0 Å². The van der Waals surface area contributed by atoms with Crippen molar-refractivity contribution in [3.63, 3.8) is 0 Å². The molecule has 2 unspecified atom stereocenters. The molecule has 2 atom stereocenters. The van der Waals surface area contributed by atoms with Crippen LogP contribution < -0.4 is 10.6 Å². The van der Waals surface area contributed by atoms with Crippen molar-refractivity contribution in [2.45, 2.75) is 44.2 Å². The van der Waals surface area contributed by atoms with Gasteiger partial charge in [0, 0.05) is 36.6 Å². The normalized spacial score (nSPS) is 27.1. The van der Waals surface area contributed by atoms with Gasteiger partial charge in [-0.15, -0.1) is 24.8 Å². The SMILES string of the molecule is Cl.Cl.O=C(CC1CC2CCC(C1)N2)Nc1ccncc1. The maximum Gasteiger partial charge on any atom is 0.224 e. The number of nitrogens with zero attached hydrogens (tertiary/aromatic N) is 1. The Hall–Kier alpha value is -0.840. The average molecular weight is 318 g/mol. The van der Waals surface area contributed by atoms with Gasteiger partial charge in [0.1, 0.15) is 0 Å². The second kappa shape index (κ2) is 7.81. The van der Waals surface area contributed by atoms with Gasteiger partial charge in [0.25, 0.3) is 0 Å². The summed E-state index contributed by atoms with van der Waals surface area (Å²) in [5.74, 6) is 0.679. The van der Waals surface area contributed by atoms with Gasteiger partial charge in [0.15, 0.2) is 0 Å². The number of piperidine rings is 1. The Labute approximate surface area is 131 Å². The number of anilines is 1. The molecule has 3 rings (SSSR count). The van der Waals surface area contributed by atoms with E-state index in [-0.39, 0.29) is 30.7 Å². The molecule has 1 aromatic rings. The van der Waals surface area contributed by atoms with E-state index in [9.17, 15) is 4.79 Å². The van der Waals surface area contributed by atoms with Crippen molar-refractivity contribution in [3.8, 4) is 0 Å². The predicted molar refractivity (Wildman–Crippen MR) is 84.6 cm³/mol. The van der Waals surface area contributed by atoms with Crippen LogP contribution in [-0.2, 0) is 4.79 Å². The van der Waals surface area contributed by atoms with Crippen molar-refractivity contribution in [1.29, 1.82) is 0 Å². The third-order valence-electron chi connectivity index (χ3n) is 4.01.